The molecule has 0 aromatic rings. The number of nitrogens with zero attached hydrogens (tertiary/aromatic N) is 1. The maximum absolute atomic E-state index is 11.4. The van der Waals surface area contributed by atoms with Crippen LogP contribution in [0.3, 0.4) is 0 Å². The third-order valence-corrected chi connectivity index (χ3v) is 2.88. The van der Waals surface area contributed by atoms with Crippen LogP contribution in [0.15, 0.2) is 0 Å². The van der Waals surface area contributed by atoms with Crippen LogP contribution in [-0.2, 0) is 23.1 Å². The Hall–Kier alpha value is -0.500. The fraction of sp³-hybridized carbons (Fsp3) is 0.889. The van der Waals surface area contributed by atoms with Gasteiger partial charge in [0.25, 0.3) is 6.47 Å². The molecule has 0 heterocycles. The van der Waals surface area contributed by atoms with Crippen LogP contribution in [0.4, 0.5) is 0 Å². The Morgan fingerprint density at radius 2 is 1.94 bits per heavy atom. The molecule has 0 aliphatic heterocycles. The number of hydrogen-bond donors (Lipinski definition) is 2. The van der Waals surface area contributed by atoms with Crippen LogP contribution in [-0.4, -0.2) is 74.6 Å². The molecule has 18 heavy (non-hydrogen) atoms. The quantitative estimate of drug-likeness (QED) is 0.313. The van der Waals surface area contributed by atoms with Crippen molar-refractivity contribution in [3.05, 3.63) is 0 Å². The zero-order valence-electron chi connectivity index (χ0n) is 10.8. The van der Waals surface area contributed by atoms with Gasteiger partial charge in [-0.3, -0.25) is 13.8 Å². The van der Waals surface area contributed by atoms with Crippen LogP contribution in [0.5, 0.6) is 0 Å². The SMILES string of the molecule is C[N+](C)(C)CCOP(=O)(O)OCC(CO)OC=O. The normalized spacial score (nSPS) is 16.9. The van der Waals surface area contributed by atoms with Crippen LogP contribution in [0, 0.1) is 0 Å². The molecule has 0 aromatic heterocycles. The molecule has 2 atom stereocenters. The number of carbonyl (C=O) groups excluding carboxylic acids is 1. The maximum Gasteiger partial charge on any atom is 0.472 e. The number of aliphatic hydroxyl groups excluding tert-OH is 1. The molecule has 0 rings (SSSR count). The highest BCUT2D eigenvalue weighted by Crippen LogP contribution is 2.43. The van der Waals surface area contributed by atoms with Crippen LogP contribution in [0.2, 0.25) is 0 Å². The number of aliphatic hydroxyl groups is 1. The Morgan fingerprint density at radius 1 is 1.33 bits per heavy atom. The second-order valence-electron chi connectivity index (χ2n) is 4.65. The summed E-state index contributed by atoms with van der Waals surface area (Å²) in [6, 6.07) is 0. The first kappa shape index (κ1) is 17.5. The van der Waals surface area contributed by atoms with Crippen molar-refractivity contribution in [1.29, 1.82) is 0 Å². The Balaban J connectivity index is 3.99. The molecular formula is C9H21NO7P+. The Kier molecular flexibility index (Phi) is 7.61. The summed E-state index contributed by atoms with van der Waals surface area (Å²) in [6.07, 6.45) is -0.982. The van der Waals surface area contributed by atoms with Gasteiger partial charge in [-0.05, 0) is 0 Å². The van der Waals surface area contributed by atoms with E-state index in [0.717, 1.165) is 0 Å². The van der Waals surface area contributed by atoms with Crippen molar-refractivity contribution in [2.75, 3.05) is 47.5 Å². The van der Waals surface area contributed by atoms with Crippen molar-refractivity contribution in [3.8, 4) is 0 Å². The third kappa shape index (κ3) is 9.52. The Bertz CT molecular complexity index is 291. The van der Waals surface area contributed by atoms with Gasteiger partial charge in [0.05, 0.1) is 34.4 Å². The topological polar surface area (TPSA) is 102 Å². The zero-order valence-corrected chi connectivity index (χ0v) is 11.7. The number of quaternary nitrogens is 1. The summed E-state index contributed by atoms with van der Waals surface area (Å²) >= 11 is 0. The first-order valence-corrected chi connectivity index (χ1v) is 6.82. The van der Waals surface area contributed by atoms with Gasteiger partial charge in [0.1, 0.15) is 19.3 Å². The fourth-order valence-corrected chi connectivity index (χ4v) is 1.60. The molecule has 0 aliphatic rings. The van der Waals surface area contributed by atoms with Gasteiger partial charge >= 0.3 is 7.82 Å². The van der Waals surface area contributed by atoms with Gasteiger partial charge in [0.15, 0.2) is 0 Å². The van der Waals surface area contributed by atoms with E-state index in [1.54, 1.807) is 0 Å². The largest absolute Gasteiger partial charge is 0.472 e. The molecular weight excluding hydrogens is 265 g/mol. The third-order valence-electron chi connectivity index (χ3n) is 1.89. The Labute approximate surface area is 106 Å². The molecule has 0 bridgehead atoms. The van der Waals surface area contributed by atoms with Crippen molar-refractivity contribution >= 4 is 14.3 Å². The molecule has 0 radical (unpaired) electrons. The number of likely N-dealkylation sites (N-methyl/N-ethyl adjacent to an activating group) is 1. The number of phosphoric ester groups is 1. The number of hydrogen-bond acceptors (Lipinski definition) is 6. The van der Waals surface area contributed by atoms with Gasteiger partial charge in [-0.2, -0.15) is 0 Å². The zero-order chi connectivity index (χ0) is 14.2. The van der Waals surface area contributed by atoms with E-state index < -0.39 is 27.1 Å². The molecule has 8 nitrogen and oxygen atoms in total. The van der Waals surface area contributed by atoms with Gasteiger partial charge in [-0.15, -0.1) is 0 Å². The molecule has 2 unspecified atom stereocenters. The molecule has 0 aromatic carbocycles. The first-order chi connectivity index (χ1) is 8.20. The van der Waals surface area contributed by atoms with Crippen LogP contribution in [0.1, 0.15) is 0 Å². The van der Waals surface area contributed by atoms with Crippen LogP contribution in [0.25, 0.3) is 0 Å². The average Bonchev–Trinajstić information content (AvgIpc) is 2.22. The summed E-state index contributed by atoms with van der Waals surface area (Å²) in [5.74, 6) is 0. The van der Waals surface area contributed by atoms with E-state index in [1.807, 2.05) is 21.1 Å². The van der Waals surface area contributed by atoms with E-state index in [-0.39, 0.29) is 13.1 Å². The van der Waals surface area contributed by atoms with Gasteiger partial charge in [-0.1, -0.05) is 0 Å². The number of rotatable bonds is 10. The van der Waals surface area contributed by atoms with Gasteiger partial charge in [0.2, 0.25) is 0 Å². The van der Waals surface area contributed by atoms with E-state index in [0.29, 0.717) is 11.0 Å². The van der Waals surface area contributed by atoms with Gasteiger partial charge in [-0.25, -0.2) is 4.57 Å². The van der Waals surface area contributed by atoms with E-state index in [2.05, 4.69) is 9.26 Å². The highest BCUT2D eigenvalue weighted by atomic mass is 31.2. The van der Waals surface area contributed by atoms with E-state index in [9.17, 15) is 14.3 Å². The lowest BCUT2D eigenvalue weighted by atomic mass is 10.4. The lowest BCUT2D eigenvalue weighted by Gasteiger charge is -2.24. The second kappa shape index (κ2) is 7.83. The van der Waals surface area contributed by atoms with Crippen molar-refractivity contribution < 1.29 is 37.6 Å². The summed E-state index contributed by atoms with van der Waals surface area (Å²) in [6.45, 7) is -0.201. The van der Waals surface area contributed by atoms with Gasteiger partial charge < -0.3 is 19.2 Å². The van der Waals surface area contributed by atoms with Crippen molar-refractivity contribution in [2.24, 2.45) is 0 Å². The molecule has 0 spiro atoms. The van der Waals surface area contributed by atoms with E-state index in [4.69, 9.17) is 9.63 Å². The molecule has 0 saturated heterocycles. The van der Waals surface area contributed by atoms with Crippen molar-refractivity contribution in [1.82, 2.24) is 0 Å². The highest BCUT2D eigenvalue weighted by Gasteiger charge is 2.24. The number of carbonyl (C=O) groups is 1. The maximum atomic E-state index is 11.4. The average molecular weight is 286 g/mol. The lowest BCUT2D eigenvalue weighted by molar-refractivity contribution is -0.870. The summed E-state index contributed by atoms with van der Waals surface area (Å²) in [4.78, 5) is 19.3. The van der Waals surface area contributed by atoms with E-state index >= 15 is 0 Å². The molecule has 0 aliphatic carbocycles. The fourth-order valence-electron chi connectivity index (χ4n) is 0.858. The van der Waals surface area contributed by atoms with E-state index in [1.165, 1.54) is 0 Å². The first-order valence-electron chi connectivity index (χ1n) is 5.32. The van der Waals surface area contributed by atoms with Crippen LogP contribution >= 0.6 is 7.82 Å². The van der Waals surface area contributed by atoms with Crippen molar-refractivity contribution in [2.45, 2.75) is 6.10 Å². The summed E-state index contributed by atoms with van der Waals surface area (Å²) in [5, 5.41) is 8.76. The molecule has 0 fully saturated rings. The minimum absolute atomic E-state index is 0.0512. The smallest absolute Gasteiger partial charge is 0.460 e. The monoisotopic (exact) mass is 286 g/mol. The molecule has 9 heteroatoms. The summed E-state index contributed by atoms with van der Waals surface area (Å²) in [7, 11) is 1.54. The minimum Gasteiger partial charge on any atom is -0.460 e. The summed E-state index contributed by atoms with van der Waals surface area (Å²) in [5.41, 5.74) is 0. The van der Waals surface area contributed by atoms with Gasteiger partial charge in [0, 0.05) is 0 Å². The number of ether oxygens (including phenoxy) is 1. The molecule has 0 amide bonds. The lowest BCUT2D eigenvalue weighted by Crippen LogP contribution is -2.37. The van der Waals surface area contributed by atoms with Crippen molar-refractivity contribution in [3.63, 3.8) is 0 Å². The number of phosphoric acid groups is 1. The highest BCUT2D eigenvalue weighted by molar-refractivity contribution is 7.47. The molecule has 0 saturated carbocycles. The van der Waals surface area contributed by atoms with Crippen LogP contribution < -0.4 is 0 Å². The predicted molar refractivity (Wildman–Crippen MR) is 62.7 cm³/mol. The molecule has 108 valence electrons. The molecule has 2 N–H and O–H groups in total. The standard InChI is InChI=1S/C9H20NO7P/c1-10(2,3)4-5-16-18(13,14)17-7-9(6-11)15-8-12/h8-9,11H,4-7H2,1-3H3/p+1. The second-order valence-corrected chi connectivity index (χ2v) is 6.10. The Morgan fingerprint density at radius 3 is 2.39 bits per heavy atom. The predicted octanol–water partition coefficient (Wildman–Crippen LogP) is -0.640. The minimum atomic E-state index is -4.19. The summed E-state index contributed by atoms with van der Waals surface area (Å²) < 4.78 is 25.7.